The summed E-state index contributed by atoms with van der Waals surface area (Å²) in [6, 6.07) is 0. The standard InChI is InChI=1S/C4H9NO2S/c5-8(7)2-1-4(6)3-8/h4-6H,1-3H2. The van der Waals surface area contributed by atoms with Crippen molar-refractivity contribution < 1.29 is 9.32 Å². The number of hydrogen-bond acceptors (Lipinski definition) is 3. The Balaban J connectivity index is 2.71. The van der Waals surface area contributed by atoms with Gasteiger partial charge in [-0.2, -0.15) is 0 Å². The molecule has 2 N–H and O–H groups in total. The average Bonchev–Trinajstić information content (AvgIpc) is 1.82. The molecule has 2 atom stereocenters. The molecule has 0 aromatic rings. The van der Waals surface area contributed by atoms with Crippen LogP contribution in [0.25, 0.3) is 0 Å². The van der Waals surface area contributed by atoms with Crippen LogP contribution in [0.4, 0.5) is 0 Å². The van der Waals surface area contributed by atoms with Crippen LogP contribution < -0.4 is 0 Å². The summed E-state index contributed by atoms with van der Waals surface area (Å²) < 4.78 is 17.7. The molecular formula is C4H9NO2S. The molecule has 0 aromatic carbocycles. The molecule has 0 amide bonds. The molecule has 0 saturated carbocycles. The lowest BCUT2D eigenvalue weighted by atomic mass is 10.3. The van der Waals surface area contributed by atoms with Crippen LogP contribution in [0.5, 0.6) is 0 Å². The monoisotopic (exact) mass is 135 g/mol. The lowest BCUT2D eigenvalue weighted by molar-refractivity contribution is 0.202. The molecule has 8 heavy (non-hydrogen) atoms. The van der Waals surface area contributed by atoms with Crippen LogP contribution in [-0.2, 0) is 9.73 Å². The van der Waals surface area contributed by atoms with Crippen molar-refractivity contribution in [2.24, 2.45) is 0 Å². The van der Waals surface area contributed by atoms with Gasteiger partial charge in [0.25, 0.3) is 0 Å². The molecule has 0 aromatic heterocycles. The summed E-state index contributed by atoms with van der Waals surface area (Å²) >= 11 is 0. The van der Waals surface area contributed by atoms with Gasteiger partial charge >= 0.3 is 0 Å². The SMILES string of the molecule is N=S1(=O)CCC(O)C1. The minimum atomic E-state index is -2.35. The summed E-state index contributed by atoms with van der Waals surface area (Å²) in [6.07, 6.45) is 0.0718. The molecule has 3 nitrogen and oxygen atoms in total. The normalized spacial score (nSPS) is 47.4. The van der Waals surface area contributed by atoms with Gasteiger partial charge < -0.3 is 5.11 Å². The van der Waals surface area contributed by atoms with Gasteiger partial charge in [-0.25, -0.2) is 4.21 Å². The highest BCUT2D eigenvalue weighted by Gasteiger charge is 2.22. The molecular weight excluding hydrogens is 126 g/mol. The van der Waals surface area contributed by atoms with E-state index in [0.29, 0.717) is 12.2 Å². The van der Waals surface area contributed by atoms with E-state index < -0.39 is 15.8 Å². The molecule has 48 valence electrons. The van der Waals surface area contributed by atoms with Crippen molar-refractivity contribution in [3.05, 3.63) is 0 Å². The van der Waals surface area contributed by atoms with Gasteiger partial charge in [0.2, 0.25) is 0 Å². The van der Waals surface area contributed by atoms with Crippen molar-refractivity contribution in [2.75, 3.05) is 11.5 Å². The van der Waals surface area contributed by atoms with Gasteiger partial charge in [0, 0.05) is 15.5 Å². The van der Waals surface area contributed by atoms with Crippen molar-refractivity contribution in [1.29, 1.82) is 4.78 Å². The molecule has 1 aliphatic heterocycles. The van der Waals surface area contributed by atoms with Crippen LogP contribution in [0.2, 0.25) is 0 Å². The van der Waals surface area contributed by atoms with Gasteiger partial charge in [0.15, 0.2) is 0 Å². The Hall–Kier alpha value is -0.0900. The summed E-state index contributed by atoms with van der Waals surface area (Å²) in [5.74, 6) is 0.571. The molecule has 0 bridgehead atoms. The number of aliphatic hydroxyl groups excluding tert-OH is 1. The maximum atomic E-state index is 10.7. The topological polar surface area (TPSA) is 61.2 Å². The third kappa shape index (κ3) is 1.20. The third-order valence-electron chi connectivity index (χ3n) is 1.24. The smallest absolute Gasteiger partial charge is 0.0673 e. The van der Waals surface area contributed by atoms with Gasteiger partial charge in [-0.05, 0) is 6.42 Å². The molecule has 0 spiro atoms. The summed E-state index contributed by atoms with van der Waals surface area (Å²) in [7, 11) is -2.35. The summed E-state index contributed by atoms with van der Waals surface area (Å²) in [4.78, 5) is 0. The van der Waals surface area contributed by atoms with Gasteiger partial charge in [-0.3, -0.25) is 4.78 Å². The number of hydrogen-bond donors (Lipinski definition) is 2. The molecule has 1 rings (SSSR count). The Morgan fingerprint density at radius 1 is 1.75 bits per heavy atom. The molecule has 1 saturated heterocycles. The predicted molar refractivity (Wildman–Crippen MR) is 31.2 cm³/mol. The second-order valence-corrected chi connectivity index (χ2v) is 4.49. The zero-order valence-electron chi connectivity index (χ0n) is 4.46. The van der Waals surface area contributed by atoms with Crippen LogP contribution in [0.1, 0.15) is 6.42 Å². The van der Waals surface area contributed by atoms with E-state index in [4.69, 9.17) is 9.89 Å². The largest absolute Gasteiger partial charge is 0.392 e. The number of rotatable bonds is 0. The van der Waals surface area contributed by atoms with E-state index in [0.717, 1.165) is 0 Å². The Labute approximate surface area is 48.7 Å². The van der Waals surface area contributed by atoms with E-state index in [1.165, 1.54) is 0 Å². The average molecular weight is 135 g/mol. The maximum absolute atomic E-state index is 10.7. The third-order valence-corrected chi connectivity index (χ3v) is 3.06. The molecule has 1 aliphatic rings. The fraction of sp³-hybridized carbons (Fsp3) is 1.00. The molecule has 1 fully saturated rings. The van der Waals surface area contributed by atoms with Crippen molar-refractivity contribution >= 4 is 9.73 Å². The molecule has 0 aliphatic carbocycles. The summed E-state index contributed by atoms with van der Waals surface area (Å²) in [6.45, 7) is 0. The fourth-order valence-electron chi connectivity index (χ4n) is 0.804. The van der Waals surface area contributed by atoms with E-state index in [2.05, 4.69) is 0 Å². The maximum Gasteiger partial charge on any atom is 0.0673 e. The first kappa shape index (κ1) is 6.04. The van der Waals surface area contributed by atoms with Crippen LogP contribution >= 0.6 is 0 Å². The van der Waals surface area contributed by atoms with E-state index >= 15 is 0 Å². The first-order valence-electron chi connectivity index (χ1n) is 2.52. The van der Waals surface area contributed by atoms with Gasteiger partial charge in [0.05, 0.1) is 11.9 Å². The summed E-state index contributed by atoms with van der Waals surface area (Å²) in [5, 5.41) is 8.77. The number of aliphatic hydroxyl groups is 1. The van der Waals surface area contributed by atoms with Crippen LogP contribution in [-0.4, -0.2) is 26.9 Å². The zero-order valence-corrected chi connectivity index (χ0v) is 5.28. The Bertz CT molecular complexity index is 172. The van der Waals surface area contributed by atoms with E-state index in [1.54, 1.807) is 0 Å². The molecule has 4 heteroatoms. The molecule has 1 heterocycles. The van der Waals surface area contributed by atoms with E-state index in [9.17, 15) is 4.21 Å². The second-order valence-electron chi connectivity index (χ2n) is 2.13. The summed E-state index contributed by atoms with van der Waals surface area (Å²) in [5.41, 5.74) is 0. The Morgan fingerprint density at radius 2 is 2.38 bits per heavy atom. The van der Waals surface area contributed by atoms with E-state index in [-0.39, 0.29) is 5.75 Å². The zero-order chi connectivity index (χ0) is 6.20. The first-order chi connectivity index (χ1) is 3.60. The lowest BCUT2D eigenvalue weighted by Gasteiger charge is -1.92. The van der Waals surface area contributed by atoms with Gasteiger partial charge in [-0.1, -0.05) is 0 Å². The van der Waals surface area contributed by atoms with Gasteiger partial charge in [-0.15, -0.1) is 0 Å². The fourth-order valence-corrected chi connectivity index (χ4v) is 2.41. The quantitative estimate of drug-likeness (QED) is 0.483. The highest BCUT2D eigenvalue weighted by molar-refractivity contribution is 7.92. The van der Waals surface area contributed by atoms with Gasteiger partial charge in [0.1, 0.15) is 0 Å². The van der Waals surface area contributed by atoms with Crippen LogP contribution in [0.3, 0.4) is 0 Å². The number of nitrogens with one attached hydrogen (secondary N) is 1. The predicted octanol–water partition coefficient (Wildman–Crippen LogP) is -0.202. The Kier molecular flexibility index (Phi) is 1.28. The first-order valence-corrected chi connectivity index (χ1v) is 4.42. The van der Waals surface area contributed by atoms with Crippen molar-refractivity contribution in [2.45, 2.75) is 12.5 Å². The molecule has 0 radical (unpaired) electrons. The van der Waals surface area contributed by atoms with Crippen molar-refractivity contribution in [3.8, 4) is 0 Å². The van der Waals surface area contributed by atoms with Crippen molar-refractivity contribution in [3.63, 3.8) is 0 Å². The highest BCUT2D eigenvalue weighted by Crippen LogP contribution is 2.10. The second kappa shape index (κ2) is 1.70. The van der Waals surface area contributed by atoms with E-state index in [1.807, 2.05) is 0 Å². The van der Waals surface area contributed by atoms with Crippen LogP contribution in [0.15, 0.2) is 0 Å². The van der Waals surface area contributed by atoms with Crippen molar-refractivity contribution in [1.82, 2.24) is 0 Å². The molecule has 2 unspecified atom stereocenters. The minimum Gasteiger partial charge on any atom is -0.392 e. The minimum absolute atomic E-state index is 0.188. The Morgan fingerprint density at radius 3 is 2.50 bits per heavy atom. The highest BCUT2D eigenvalue weighted by atomic mass is 32.2. The lowest BCUT2D eigenvalue weighted by Crippen LogP contribution is -2.06. The van der Waals surface area contributed by atoms with Crippen LogP contribution in [0, 0.1) is 4.78 Å².